The van der Waals surface area contributed by atoms with Crippen LogP contribution in [0.15, 0.2) is 73.1 Å². The smallest absolute Gasteiger partial charge is 0.254 e. The number of hydrogen-bond acceptors (Lipinski definition) is 5. The van der Waals surface area contributed by atoms with Gasteiger partial charge in [0, 0.05) is 30.9 Å². The summed E-state index contributed by atoms with van der Waals surface area (Å²) in [6.45, 7) is 0.683. The number of benzene rings is 2. The molecular formula is C25H25N3O4. The fraction of sp³-hybridized carbons (Fsp3) is 0.240. The van der Waals surface area contributed by atoms with Crippen LogP contribution in [0.3, 0.4) is 0 Å². The number of hydrogen-bond donors (Lipinski definition) is 1. The Kier molecular flexibility index (Phi) is 6.18. The van der Waals surface area contributed by atoms with Crippen molar-refractivity contribution in [3.05, 3.63) is 84.2 Å². The van der Waals surface area contributed by atoms with Crippen LogP contribution in [0.4, 0.5) is 0 Å². The lowest BCUT2D eigenvalue weighted by molar-refractivity contribution is -0.153. The van der Waals surface area contributed by atoms with Gasteiger partial charge in [0.25, 0.3) is 11.8 Å². The van der Waals surface area contributed by atoms with Crippen LogP contribution >= 0.6 is 0 Å². The predicted molar refractivity (Wildman–Crippen MR) is 120 cm³/mol. The van der Waals surface area contributed by atoms with Gasteiger partial charge in [0.2, 0.25) is 0 Å². The molecule has 7 heteroatoms. The van der Waals surface area contributed by atoms with Gasteiger partial charge in [-0.3, -0.25) is 14.6 Å². The maximum absolute atomic E-state index is 13.1. The maximum Gasteiger partial charge on any atom is 0.254 e. The highest BCUT2D eigenvalue weighted by molar-refractivity contribution is 5.95. The molecule has 2 aromatic carbocycles. The molecule has 4 rings (SSSR count). The van der Waals surface area contributed by atoms with E-state index in [1.807, 2.05) is 36.4 Å². The fourth-order valence-corrected chi connectivity index (χ4v) is 3.97. The van der Waals surface area contributed by atoms with E-state index >= 15 is 0 Å². The monoisotopic (exact) mass is 431 g/mol. The average Bonchev–Trinajstić information content (AvgIpc) is 2.84. The van der Waals surface area contributed by atoms with Gasteiger partial charge < -0.3 is 20.1 Å². The topological polar surface area (TPSA) is 94.8 Å². The first-order chi connectivity index (χ1) is 15.5. The van der Waals surface area contributed by atoms with Gasteiger partial charge in [-0.15, -0.1) is 0 Å². The third kappa shape index (κ3) is 4.48. The van der Waals surface area contributed by atoms with Gasteiger partial charge in [-0.2, -0.15) is 0 Å². The van der Waals surface area contributed by atoms with Crippen molar-refractivity contribution in [2.45, 2.75) is 12.0 Å². The number of carbonyl (C=O) groups is 2. The summed E-state index contributed by atoms with van der Waals surface area (Å²) in [5.74, 6) is -0.184. The molecule has 0 radical (unpaired) electrons. The number of methoxy groups -OCH3 is 1. The molecule has 3 aromatic rings. The third-order valence-corrected chi connectivity index (χ3v) is 5.67. The zero-order chi connectivity index (χ0) is 22.6. The Hall–Kier alpha value is -3.71. The van der Waals surface area contributed by atoms with Gasteiger partial charge in [-0.25, -0.2) is 0 Å². The average molecular weight is 431 g/mol. The highest BCUT2D eigenvalue weighted by atomic mass is 16.5. The molecule has 1 aromatic heterocycles. The number of rotatable bonds is 6. The molecule has 0 aliphatic carbocycles. The van der Waals surface area contributed by atoms with Gasteiger partial charge in [0.15, 0.2) is 5.60 Å². The number of ether oxygens (including phenoxy) is 2. The van der Waals surface area contributed by atoms with Crippen molar-refractivity contribution in [1.82, 2.24) is 9.88 Å². The third-order valence-electron chi connectivity index (χ3n) is 5.67. The minimum absolute atomic E-state index is 0.0812. The molecule has 1 unspecified atom stereocenters. The van der Waals surface area contributed by atoms with Crippen LogP contribution in [-0.2, 0) is 16.0 Å². The Labute approximate surface area is 186 Å². The minimum atomic E-state index is -1.30. The molecule has 2 heterocycles. The quantitative estimate of drug-likeness (QED) is 0.648. The molecular weight excluding hydrogens is 406 g/mol. The van der Waals surface area contributed by atoms with E-state index in [1.54, 1.807) is 48.7 Å². The largest absolute Gasteiger partial charge is 0.497 e. The predicted octanol–water partition coefficient (Wildman–Crippen LogP) is 2.70. The molecule has 0 saturated carbocycles. The second-order valence-electron chi connectivity index (χ2n) is 7.78. The van der Waals surface area contributed by atoms with Gasteiger partial charge >= 0.3 is 0 Å². The van der Waals surface area contributed by atoms with Crippen LogP contribution < -0.4 is 10.5 Å². The van der Waals surface area contributed by atoms with Crippen molar-refractivity contribution in [3.63, 3.8) is 0 Å². The van der Waals surface area contributed by atoms with E-state index in [9.17, 15) is 9.59 Å². The lowest BCUT2D eigenvalue weighted by atomic mass is 9.90. The Morgan fingerprint density at radius 1 is 1.09 bits per heavy atom. The van der Waals surface area contributed by atoms with Crippen molar-refractivity contribution in [3.8, 4) is 16.9 Å². The molecule has 0 spiro atoms. The number of nitrogens with zero attached hydrogens (tertiary/aromatic N) is 2. The Morgan fingerprint density at radius 3 is 2.62 bits per heavy atom. The molecule has 2 N–H and O–H groups in total. The number of primary amides is 1. The number of amides is 2. The second kappa shape index (κ2) is 9.20. The van der Waals surface area contributed by atoms with Crippen LogP contribution in [0.2, 0.25) is 0 Å². The van der Waals surface area contributed by atoms with E-state index in [2.05, 4.69) is 4.98 Å². The van der Waals surface area contributed by atoms with E-state index in [0.29, 0.717) is 17.9 Å². The van der Waals surface area contributed by atoms with Gasteiger partial charge in [0.05, 0.1) is 20.3 Å². The van der Waals surface area contributed by atoms with Crippen molar-refractivity contribution < 1.29 is 19.1 Å². The number of aromatic nitrogens is 1. The van der Waals surface area contributed by atoms with Gasteiger partial charge in [0.1, 0.15) is 5.75 Å². The fourth-order valence-electron chi connectivity index (χ4n) is 3.97. The Balaban J connectivity index is 1.58. The molecule has 32 heavy (non-hydrogen) atoms. The summed E-state index contributed by atoms with van der Waals surface area (Å²) in [7, 11) is 1.55. The Morgan fingerprint density at radius 2 is 1.88 bits per heavy atom. The molecule has 1 fully saturated rings. The molecule has 1 saturated heterocycles. The zero-order valence-electron chi connectivity index (χ0n) is 17.9. The van der Waals surface area contributed by atoms with Crippen LogP contribution in [-0.4, -0.2) is 54.1 Å². The first-order valence-electron chi connectivity index (χ1n) is 10.4. The highest BCUT2D eigenvalue weighted by Gasteiger charge is 2.44. The zero-order valence-corrected chi connectivity index (χ0v) is 17.9. The summed E-state index contributed by atoms with van der Waals surface area (Å²) in [5.41, 5.74) is 7.93. The van der Waals surface area contributed by atoms with Crippen molar-refractivity contribution in [1.29, 1.82) is 0 Å². The van der Waals surface area contributed by atoms with Crippen LogP contribution in [0.5, 0.6) is 5.75 Å². The summed E-state index contributed by atoms with van der Waals surface area (Å²) in [5, 5.41) is 0. The van der Waals surface area contributed by atoms with Gasteiger partial charge in [-0.1, -0.05) is 30.3 Å². The molecule has 1 aliphatic heterocycles. The SMILES string of the molecule is COc1cccc(C(=O)N2CCOC(Cc3cccc(-c4ccncc4)c3)(C(N)=O)C2)c1. The van der Waals surface area contributed by atoms with Crippen LogP contribution in [0, 0.1) is 0 Å². The second-order valence-corrected chi connectivity index (χ2v) is 7.78. The normalized spacial score (nSPS) is 18.2. The molecule has 2 amide bonds. The summed E-state index contributed by atoms with van der Waals surface area (Å²) in [6.07, 6.45) is 3.74. The van der Waals surface area contributed by atoms with Crippen LogP contribution in [0.1, 0.15) is 15.9 Å². The van der Waals surface area contributed by atoms with E-state index < -0.39 is 11.5 Å². The van der Waals surface area contributed by atoms with E-state index in [0.717, 1.165) is 16.7 Å². The lowest BCUT2D eigenvalue weighted by Crippen LogP contribution is -2.61. The minimum Gasteiger partial charge on any atom is -0.497 e. The first-order valence-corrected chi connectivity index (χ1v) is 10.4. The van der Waals surface area contributed by atoms with Crippen molar-refractivity contribution in [2.24, 2.45) is 5.73 Å². The summed E-state index contributed by atoms with van der Waals surface area (Å²) in [6, 6.07) is 18.7. The van der Waals surface area contributed by atoms with E-state index in [4.69, 9.17) is 15.2 Å². The number of nitrogens with two attached hydrogens (primary N) is 1. The standard InChI is InChI=1S/C25H25N3O4/c1-31-22-7-3-6-21(15-22)23(29)28-12-13-32-25(17-28,24(26)30)16-18-4-2-5-20(14-18)19-8-10-27-11-9-19/h2-11,14-15H,12-13,16-17H2,1H3,(H2,26,30). The molecule has 1 aliphatic rings. The van der Waals surface area contributed by atoms with Crippen LogP contribution in [0.25, 0.3) is 11.1 Å². The molecule has 0 bridgehead atoms. The van der Waals surface area contributed by atoms with E-state index in [1.165, 1.54) is 0 Å². The number of carbonyl (C=O) groups excluding carboxylic acids is 2. The van der Waals surface area contributed by atoms with Crippen molar-refractivity contribution >= 4 is 11.8 Å². The van der Waals surface area contributed by atoms with Crippen molar-refractivity contribution in [2.75, 3.05) is 26.8 Å². The van der Waals surface area contributed by atoms with E-state index in [-0.39, 0.29) is 25.5 Å². The highest BCUT2D eigenvalue weighted by Crippen LogP contribution is 2.27. The maximum atomic E-state index is 13.1. The summed E-state index contributed by atoms with van der Waals surface area (Å²) in [4.78, 5) is 31.4. The molecule has 164 valence electrons. The molecule has 7 nitrogen and oxygen atoms in total. The Bertz CT molecular complexity index is 1120. The van der Waals surface area contributed by atoms with Gasteiger partial charge in [-0.05, 0) is 47.0 Å². The molecule has 1 atom stereocenters. The summed E-state index contributed by atoms with van der Waals surface area (Å²) < 4.78 is 11.2. The summed E-state index contributed by atoms with van der Waals surface area (Å²) >= 11 is 0. The number of pyridine rings is 1. The number of morpholine rings is 1. The first kappa shape index (κ1) is 21.5. The lowest BCUT2D eigenvalue weighted by Gasteiger charge is -2.40.